The van der Waals surface area contributed by atoms with Gasteiger partial charge in [-0.25, -0.2) is 12.7 Å². The standard InChI is InChI=1S/C7H14N2O2S/c1-12(10,11)9-4-6-2-8-3-7(6)5-9/h6-8H,2-5H2,1H3. The molecule has 2 saturated heterocycles. The van der Waals surface area contributed by atoms with Crippen molar-refractivity contribution in [1.82, 2.24) is 9.62 Å². The molecular formula is C7H14N2O2S. The minimum Gasteiger partial charge on any atom is -0.316 e. The van der Waals surface area contributed by atoms with Crippen molar-refractivity contribution in [2.24, 2.45) is 11.8 Å². The zero-order chi connectivity index (χ0) is 8.77. The number of nitrogens with one attached hydrogen (secondary N) is 1. The third-order valence-electron chi connectivity index (χ3n) is 2.83. The lowest BCUT2D eigenvalue weighted by atomic mass is 10.0. The fourth-order valence-electron chi connectivity index (χ4n) is 2.08. The highest BCUT2D eigenvalue weighted by molar-refractivity contribution is 7.88. The number of sulfonamides is 1. The molecule has 0 saturated carbocycles. The molecule has 0 aliphatic carbocycles. The molecule has 1 N–H and O–H groups in total. The molecule has 0 aromatic carbocycles. The Labute approximate surface area is 73.0 Å². The van der Waals surface area contributed by atoms with Crippen LogP contribution in [0.5, 0.6) is 0 Å². The Morgan fingerprint density at radius 1 is 1.25 bits per heavy atom. The third-order valence-corrected chi connectivity index (χ3v) is 4.06. The van der Waals surface area contributed by atoms with Crippen LogP contribution in [0.4, 0.5) is 0 Å². The first-order valence-electron chi connectivity index (χ1n) is 4.23. The Morgan fingerprint density at radius 2 is 1.75 bits per heavy atom. The second kappa shape index (κ2) is 2.68. The lowest BCUT2D eigenvalue weighted by Crippen LogP contribution is -2.30. The van der Waals surface area contributed by atoms with Crippen molar-refractivity contribution in [2.45, 2.75) is 0 Å². The molecule has 2 aliphatic rings. The van der Waals surface area contributed by atoms with Crippen LogP contribution in [0, 0.1) is 11.8 Å². The minimum atomic E-state index is -2.94. The molecule has 2 unspecified atom stereocenters. The Hall–Kier alpha value is -0.130. The van der Waals surface area contributed by atoms with Crippen molar-refractivity contribution in [3.8, 4) is 0 Å². The summed E-state index contributed by atoms with van der Waals surface area (Å²) in [6, 6.07) is 0. The normalized spacial score (nSPS) is 37.1. The van der Waals surface area contributed by atoms with Crippen LogP contribution in [0.2, 0.25) is 0 Å². The quantitative estimate of drug-likeness (QED) is 0.583. The molecule has 0 bridgehead atoms. The Morgan fingerprint density at radius 3 is 2.17 bits per heavy atom. The van der Waals surface area contributed by atoms with E-state index in [0.29, 0.717) is 11.8 Å². The Balaban J connectivity index is 2.09. The average molecular weight is 190 g/mol. The first-order valence-corrected chi connectivity index (χ1v) is 6.08. The Kier molecular flexibility index (Phi) is 1.89. The molecule has 2 fully saturated rings. The average Bonchev–Trinajstić information content (AvgIpc) is 2.37. The fraction of sp³-hybridized carbons (Fsp3) is 1.00. The van der Waals surface area contributed by atoms with Crippen LogP contribution in [0.15, 0.2) is 0 Å². The van der Waals surface area contributed by atoms with Gasteiger partial charge in [-0.3, -0.25) is 0 Å². The zero-order valence-corrected chi connectivity index (χ0v) is 7.97. The third kappa shape index (κ3) is 1.36. The molecule has 0 amide bonds. The second-order valence-electron chi connectivity index (χ2n) is 3.76. The smallest absolute Gasteiger partial charge is 0.211 e. The molecule has 2 rings (SSSR count). The van der Waals surface area contributed by atoms with Crippen LogP contribution in [0.3, 0.4) is 0 Å². The van der Waals surface area contributed by atoms with Crippen molar-refractivity contribution in [2.75, 3.05) is 32.4 Å². The van der Waals surface area contributed by atoms with Gasteiger partial charge in [0.05, 0.1) is 6.26 Å². The van der Waals surface area contributed by atoms with E-state index in [4.69, 9.17) is 0 Å². The Bertz CT molecular complexity index is 263. The molecule has 2 heterocycles. The van der Waals surface area contributed by atoms with E-state index in [1.165, 1.54) is 6.26 Å². The summed E-state index contributed by atoms with van der Waals surface area (Å²) < 4.78 is 23.9. The van der Waals surface area contributed by atoms with Crippen LogP contribution in [-0.2, 0) is 10.0 Å². The molecule has 0 aromatic heterocycles. The first-order chi connectivity index (χ1) is 5.57. The summed E-state index contributed by atoms with van der Waals surface area (Å²) >= 11 is 0. The number of hydrogen-bond donors (Lipinski definition) is 1. The maximum absolute atomic E-state index is 11.2. The summed E-state index contributed by atoms with van der Waals surface area (Å²) in [6.45, 7) is 3.40. The number of rotatable bonds is 1. The SMILES string of the molecule is CS(=O)(=O)N1CC2CNCC2C1. The first kappa shape index (κ1) is 8.47. The van der Waals surface area contributed by atoms with E-state index in [9.17, 15) is 8.42 Å². The van der Waals surface area contributed by atoms with Gasteiger partial charge >= 0.3 is 0 Å². The monoisotopic (exact) mass is 190 g/mol. The summed E-state index contributed by atoms with van der Waals surface area (Å²) in [5.41, 5.74) is 0. The van der Waals surface area contributed by atoms with E-state index in [1.54, 1.807) is 4.31 Å². The van der Waals surface area contributed by atoms with Gasteiger partial charge < -0.3 is 5.32 Å². The molecule has 0 aromatic rings. The summed E-state index contributed by atoms with van der Waals surface area (Å²) in [6.07, 6.45) is 1.29. The lowest BCUT2D eigenvalue weighted by Gasteiger charge is -2.13. The molecule has 70 valence electrons. The van der Waals surface area contributed by atoms with Crippen molar-refractivity contribution in [3.05, 3.63) is 0 Å². The number of fused-ring (bicyclic) bond motifs is 1. The number of nitrogens with zero attached hydrogens (tertiary/aromatic N) is 1. The molecule has 5 heteroatoms. The van der Waals surface area contributed by atoms with E-state index in [0.717, 1.165) is 26.2 Å². The van der Waals surface area contributed by atoms with Gasteiger partial charge in [0.25, 0.3) is 0 Å². The molecule has 0 spiro atoms. The van der Waals surface area contributed by atoms with Gasteiger partial charge in [0.1, 0.15) is 0 Å². The maximum Gasteiger partial charge on any atom is 0.211 e. The van der Waals surface area contributed by atoms with Crippen LogP contribution in [0.25, 0.3) is 0 Å². The maximum atomic E-state index is 11.2. The van der Waals surface area contributed by atoms with Crippen molar-refractivity contribution >= 4 is 10.0 Å². The van der Waals surface area contributed by atoms with Crippen LogP contribution in [-0.4, -0.2) is 45.2 Å². The predicted molar refractivity (Wildman–Crippen MR) is 46.3 cm³/mol. The summed E-state index contributed by atoms with van der Waals surface area (Å²) in [7, 11) is -2.94. The molecule has 12 heavy (non-hydrogen) atoms. The molecule has 2 atom stereocenters. The molecular weight excluding hydrogens is 176 g/mol. The summed E-state index contributed by atoms with van der Waals surface area (Å²) in [5, 5.41) is 3.27. The van der Waals surface area contributed by atoms with Crippen LogP contribution < -0.4 is 5.32 Å². The van der Waals surface area contributed by atoms with E-state index in [-0.39, 0.29) is 0 Å². The molecule has 2 aliphatic heterocycles. The summed E-state index contributed by atoms with van der Waals surface area (Å²) in [4.78, 5) is 0. The van der Waals surface area contributed by atoms with Gasteiger partial charge in [-0.2, -0.15) is 0 Å². The van der Waals surface area contributed by atoms with Gasteiger partial charge in [-0.15, -0.1) is 0 Å². The highest BCUT2D eigenvalue weighted by Gasteiger charge is 2.39. The molecule has 4 nitrogen and oxygen atoms in total. The highest BCUT2D eigenvalue weighted by Crippen LogP contribution is 2.27. The van der Waals surface area contributed by atoms with Crippen molar-refractivity contribution in [3.63, 3.8) is 0 Å². The predicted octanol–water partition coefficient (Wildman–Crippen LogP) is -0.903. The van der Waals surface area contributed by atoms with Gasteiger partial charge in [0, 0.05) is 13.1 Å². The highest BCUT2D eigenvalue weighted by atomic mass is 32.2. The minimum absolute atomic E-state index is 0.555. The van der Waals surface area contributed by atoms with E-state index in [2.05, 4.69) is 5.32 Å². The van der Waals surface area contributed by atoms with E-state index >= 15 is 0 Å². The van der Waals surface area contributed by atoms with E-state index < -0.39 is 10.0 Å². The van der Waals surface area contributed by atoms with Crippen LogP contribution >= 0.6 is 0 Å². The van der Waals surface area contributed by atoms with Crippen molar-refractivity contribution in [1.29, 1.82) is 0 Å². The fourth-order valence-corrected chi connectivity index (χ4v) is 3.01. The van der Waals surface area contributed by atoms with Crippen molar-refractivity contribution < 1.29 is 8.42 Å². The molecule has 0 radical (unpaired) electrons. The lowest BCUT2D eigenvalue weighted by molar-refractivity contribution is 0.452. The number of hydrogen-bond acceptors (Lipinski definition) is 3. The largest absolute Gasteiger partial charge is 0.316 e. The second-order valence-corrected chi connectivity index (χ2v) is 5.74. The van der Waals surface area contributed by atoms with Crippen LogP contribution in [0.1, 0.15) is 0 Å². The van der Waals surface area contributed by atoms with Gasteiger partial charge in [0.2, 0.25) is 10.0 Å². The van der Waals surface area contributed by atoms with Gasteiger partial charge in [0.15, 0.2) is 0 Å². The van der Waals surface area contributed by atoms with Gasteiger partial charge in [-0.05, 0) is 24.9 Å². The van der Waals surface area contributed by atoms with E-state index in [1.807, 2.05) is 0 Å². The topological polar surface area (TPSA) is 49.4 Å². The zero-order valence-electron chi connectivity index (χ0n) is 7.16. The van der Waals surface area contributed by atoms with Gasteiger partial charge in [-0.1, -0.05) is 0 Å². The summed E-state index contributed by atoms with van der Waals surface area (Å²) in [5.74, 6) is 1.11.